The molecule has 4 heteroatoms. The molecule has 0 atom stereocenters. The number of methoxy groups -OCH3 is 2. The Balaban J connectivity index is 3.67. The zero-order chi connectivity index (χ0) is 10.1. The third-order valence-electron chi connectivity index (χ3n) is 1.43. The fourth-order valence-corrected chi connectivity index (χ4v) is 0.875. The summed E-state index contributed by atoms with van der Waals surface area (Å²) in [4.78, 5) is 10.7. The van der Waals surface area contributed by atoms with Gasteiger partial charge in [-0.2, -0.15) is 0 Å². The number of esters is 1. The van der Waals surface area contributed by atoms with E-state index < -0.39 is 5.97 Å². The lowest BCUT2D eigenvalue weighted by molar-refractivity contribution is -0.140. The highest BCUT2D eigenvalue weighted by Gasteiger charge is 2.10. The molecule has 0 aromatic heterocycles. The minimum Gasteiger partial charge on any atom is -0.462 e. The van der Waals surface area contributed by atoms with Gasteiger partial charge in [0.05, 0.1) is 19.8 Å². The third kappa shape index (κ3) is 6.31. The molecule has 0 bridgehead atoms. The summed E-state index contributed by atoms with van der Waals surface area (Å²) in [5.74, 6) is -0.337. The number of rotatable bonds is 7. The van der Waals surface area contributed by atoms with Gasteiger partial charge in [0.2, 0.25) is 0 Å². The molecule has 0 aliphatic heterocycles. The standard InChI is InChI=1S/C9H16O4/c1-4-9(10)13-7-8(5-11-2)6-12-3/h4,8H,1,5-7H2,2-3H3. The van der Waals surface area contributed by atoms with Crippen LogP contribution in [0.15, 0.2) is 12.7 Å². The van der Waals surface area contributed by atoms with Crippen LogP contribution in [0.3, 0.4) is 0 Å². The van der Waals surface area contributed by atoms with Crippen molar-refractivity contribution in [3.05, 3.63) is 12.7 Å². The Kier molecular flexibility index (Phi) is 7.24. The van der Waals surface area contributed by atoms with Crippen molar-refractivity contribution in [2.45, 2.75) is 0 Å². The van der Waals surface area contributed by atoms with E-state index in [1.807, 2.05) is 0 Å². The molecule has 0 saturated heterocycles. The summed E-state index contributed by atoms with van der Waals surface area (Å²) < 4.78 is 14.7. The highest BCUT2D eigenvalue weighted by Crippen LogP contribution is 1.99. The van der Waals surface area contributed by atoms with E-state index >= 15 is 0 Å². The Morgan fingerprint density at radius 1 is 1.31 bits per heavy atom. The molecule has 13 heavy (non-hydrogen) atoms. The average molecular weight is 188 g/mol. The normalized spacial score (nSPS) is 10.1. The van der Waals surface area contributed by atoms with Gasteiger partial charge in [0.1, 0.15) is 0 Å². The Morgan fingerprint density at radius 3 is 2.23 bits per heavy atom. The van der Waals surface area contributed by atoms with Crippen LogP contribution < -0.4 is 0 Å². The maximum absolute atomic E-state index is 10.7. The summed E-state index contributed by atoms with van der Waals surface area (Å²) in [6.45, 7) is 4.62. The average Bonchev–Trinajstić information content (AvgIpc) is 2.14. The van der Waals surface area contributed by atoms with Crippen LogP contribution in [0.4, 0.5) is 0 Å². The Hall–Kier alpha value is -0.870. The molecular formula is C9H16O4. The van der Waals surface area contributed by atoms with Gasteiger partial charge in [-0.25, -0.2) is 4.79 Å². The predicted octanol–water partition coefficient (Wildman–Crippen LogP) is 0.625. The zero-order valence-corrected chi connectivity index (χ0v) is 8.12. The van der Waals surface area contributed by atoms with E-state index in [4.69, 9.17) is 14.2 Å². The monoisotopic (exact) mass is 188 g/mol. The molecule has 0 radical (unpaired) electrons. The molecule has 0 aliphatic carbocycles. The van der Waals surface area contributed by atoms with Crippen LogP contribution in [0.5, 0.6) is 0 Å². The van der Waals surface area contributed by atoms with E-state index in [1.165, 1.54) is 0 Å². The second-order valence-corrected chi connectivity index (χ2v) is 2.61. The summed E-state index contributed by atoms with van der Waals surface area (Å²) >= 11 is 0. The van der Waals surface area contributed by atoms with Crippen LogP contribution in [0.2, 0.25) is 0 Å². The first-order chi connectivity index (χ1) is 6.24. The number of hydrogen-bond acceptors (Lipinski definition) is 4. The molecule has 4 nitrogen and oxygen atoms in total. The topological polar surface area (TPSA) is 44.8 Å². The zero-order valence-electron chi connectivity index (χ0n) is 8.12. The van der Waals surface area contributed by atoms with Crippen molar-refractivity contribution < 1.29 is 19.0 Å². The number of ether oxygens (including phenoxy) is 3. The molecule has 0 aromatic carbocycles. The van der Waals surface area contributed by atoms with E-state index in [0.29, 0.717) is 19.8 Å². The SMILES string of the molecule is C=CC(=O)OCC(COC)COC. The van der Waals surface area contributed by atoms with Crippen molar-refractivity contribution >= 4 is 5.97 Å². The third-order valence-corrected chi connectivity index (χ3v) is 1.43. The first kappa shape index (κ1) is 12.1. The summed E-state index contributed by atoms with van der Waals surface area (Å²) in [6.07, 6.45) is 1.14. The van der Waals surface area contributed by atoms with Gasteiger partial charge in [0.15, 0.2) is 0 Å². The van der Waals surface area contributed by atoms with Gasteiger partial charge in [-0.1, -0.05) is 6.58 Å². The molecule has 0 aromatic rings. The fraction of sp³-hybridized carbons (Fsp3) is 0.667. The molecule has 76 valence electrons. The summed E-state index contributed by atoms with van der Waals surface area (Å²) in [7, 11) is 3.19. The molecule has 0 amide bonds. The van der Waals surface area contributed by atoms with Crippen molar-refractivity contribution in [1.29, 1.82) is 0 Å². The van der Waals surface area contributed by atoms with Gasteiger partial charge >= 0.3 is 5.97 Å². The van der Waals surface area contributed by atoms with Crippen molar-refractivity contribution in [3.8, 4) is 0 Å². The molecule has 0 saturated carbocycles. The largest absolute Gasteiger partial charge is 0.462 e. The first-order valence-electron chi connectivity index (χ1n) is 4.01. The van der Waals surface area contributed by atoms with Gasteiger partial charge in [0, 0.05) is 26.2 Å². The highest BCUT2D eigenvalue weighted by molar-refractivity contribution is 5.81. The first-order valence-corrected chi connectivity index (χ1v) is 4.01. The van der Waals surface area contributed by atoms with Crippen molar-refractivity contribution in [3.63, 3.8) is 0 Å². The molecule has 0 heterocycles. The van der Waals surface area contributed by atoms with Crippen molar-refractivity contribution in [2.75, 3.05) is 34.0 Å². The Labute approximate surface area is 78.5 Å². The summed E-state index contributed by atoms with van der Waals surface area (Å²) in [6, 6.07) is 0. The van der Waals surface area contributed by atoms with Gasteiger partial charge in [-0.3, -0.25) is 0 Å². The van der Waals surface area contributed by atoms with Gasteiger partial charge in [-0.15, -0.1) is 0 Å². The lowest BCUT2D eigenvalue weighted by Crippen LogP contribution is -2.21. The molecule has 0 N–H and O–H groups in total. The second kappa shape index (κ2) is 7.76. The summed E-state index contributed by atoms with van der Waals surface area (Å²) in [5.41, 5.74) is 0. The lowest BCUT2D eigenvalue weighted by atomic mass is 10.2. The quantitative estimate of drug-likeness (QED) is 0.434. The summed E-state index contributed by atoms with van der Waals surface area (Å²) in [5, 5.41) is 0. The van der Waals surface area contributed by atoms with Gasteiger partial charge < -0.3 is 14.2 Å². The molecule has 0 aliphatic rings. The van der Waals surface area contributed by atoms with Crippen LogP contribution in [0.1, 0.15) is 0 Å². The molecule has 0 fully saturated rings. The Bertz CT molecular complexity index is 150. The fourth-order valence-electron chi connectivity index (χ4n) is 0.875. The maximum atomic E-state index is 10.7. The number of carbonyl (C=O) groups is 1. The van der Waals surface area contributed by atoms with Gasteiger partial charge in [-0.05, 0) is 0 Å². The molecule has 0 spiro atoms. The molecule has 0 rings (SSSR count). The lowest BCUT2D eigenvalue weighted by Gasteiger charge is -2.14. The van der Waals surface area contributed by atoms with E-state index in [2.05, 4.69) is 6.58 Å². The maximum Gasteiger partial charge on any atom is 0.330 e. The van der Waals surface area contributed by atoms with E-state index in [9.17, 15) is 4.79 Å². The van der Waals surface area contributed by atoms with Crippen LogP contribution in [-0.2, 0) is 19.0 Å². The van der Waals surface area contributed by atoms with Crippen LogP contribution in [0, 0.1) is 5.92 Å². The van der Waals surface area contributed by atoms with Crippen LogP contribution in [-0.4, -0.2) is 40.0 Å². The number of carbonyl (C=O) groups excluding carboxylic acids is 1. The van der Waals surface area contributed by atoms with Crippen molar-refractivity contribution in [1.82, 2.24) is 0 Å². The molecule has 0 unspecified atom stereocenters. The minimum atomic E-state index is -0.419. The molecular weight excluding hydrogens is 172 g/mol. The second-order valence-electron chi connectivity index (χ2n) is 2.61. The minimum absolute atomic E-state index is 0.0823. The van der Waals surface area contributed by atoms with E-state index in [-0.39, 0.29) is 5.92 Å². The van der Waals surface area contributed by atoms with Crippen LogP contribution >= 0.6 is 0 Å². The van der Waals surface area contributed by atoms with Crippen molar-refractivity contribution in [2.24, 2.45) is 5.92 Å². The predicted molar refractivity (Wildman–Crippen MR) is 48.4 cm³/mol. The number of hydrogen-bond donors (Lipinski definition) is 0. The smallest absolute Gasteiger partial charge is 0.330 e. The van der Waals surface area contributed by atoms with E-state index in [0.717, 1.165) is 6.08 Å². The van der Waals surface area contributed by atoms with Crippen LogP contribution in [0.25, 0.3) is 0 Å². The van der Waals surface area contributed by atoms with Gasteiger partial charge in [0.25, 0.3) is 0 Å². The Morgan fingerprint density at radius 2 is 1.85 bits per heavy atom. The highest BCUT2D eigenvalue weighted by atomic mass is 16.5. The van der Waals surface area contributed by atoms with E-state index in [1.54, 1.807) is 14.2 Å².